The molecule has 1 aliphatic rings. The van der Waals surface area contributed by atoms with Crippen molar-refractivity contribution < 1.29 is 23.8 Å². The first-order valence-electron chi connectivity index (χ1n) is 12.2. The summed E-state index contributed by atoms with van der Waals surface area (Å²) in [6.07, 6.45) is 0.569. The second-order valence-electron chi connectivity index (χ2n) is 8.85. The summed E-state index contributed by atoms with van der Waals surface area (Å²) in [5.41, 5.74) is 1.06. The second kappa shape index (κ2) is 11.9. The van der Waals surface area contributed by atoms with E-state index in [1.807, 2.05) is 68.4 Å². The fraction of sp³-hybridized carbons (Fsp3) is 0.393. The summed E-state index contributed by atoms with van der Waals surface area (Å²) in [4.78, 5) is 31.0. The molecule has 1 aromatic heterocycles. The number of carbonyl (C=O) groups excluding carboxylic acids is 2. The van der Waals surface area contributed by atoms with Crippen LogP contribution in [0, 0.1) is 6.92 Å². The van der Waals surface area contributed by atoms with E-state index in [0.29, 0.717) is 18.0 Å². The van der Waals surface area contributed by atoms with E-state index in [9.17, 15) is 9.59 Å². The van der Waals surface area contributed by atoms with E-state index in [0.717, 1.165) is 17.7 Å². The molecule has 0 saturated carbocycles. The Morgan fingerprint density at radius 2 is 1.78 bits per heavy atom. The molecule has 0 radical (unpaired) electrons. The number of para-hydroxylation sites is 2. The van der Waals surface area contributed by atoms with Crippen molar-refractivity contribution in [2.75, 3.05) is 19.0 Å². The summed E-state index contributed by atoms with van der Waals surface area (Å²) in [5, 5.41) is 2.81. The lowest BCUT2D eigenvalue weighted by molar-refractivity contribution is -0.123. The molecule has 1 atom stereocenters. The first kappa shape index (κ1) is 26.9. The largest absolute Gasteiger partial charge is 0.480 e. The van der Waals surface area contributed by atoms with Crippen molar-refractivity contribution >= 4 is 17.7 Å². The number of anilines is 1. The average molecular weight is 494 g/mol. The van der Waals surface area contributed by atoms with Crippen LogP contribution in [0.15, 0.2) is 54.6 Å². The van der Waals surface area contributed by atoms with Crippen molar-refractivity contribution in [1.82, 2.24) is 9.55 Å². The Balaban J connectivity index is 0.00000176. The molecule has 1 aliphatic heterocycles. The van der Waals surface area contributed by atoms with Crippen LogP contribution < -0.4 is 10.1 Å². The molecule has 0 saturated heterocycles. The van der Waals surface area contributed by atoms with Crippen LogP contribution in [0.3, 0.4) is 0 Å². The first-order chi connectivity index (χ1) is 17.3. The maximum atomic E-state index is 13.4. The molecule has 192 valence electrons. The molecule has 1 unspecified atom stereocenters. The molecule has 1 N–H and O–H groups in total. The van der Waals surface area contributed by atoms with E-state index >= 15 is 0 Å². The first-order valence-corrected chi connectivity index (χ1v) is 12.2. The molecule has 1 amide bonds. The molecule has 0 fully saturated rings. The molecule has 8 heteroatoms. The van der Waals surface area contributed by atoms with Gasteiger partial charge in [-0.05, 0) is 57.4 Å². The zero-order valence-corrected chi connectivity index (χ0v) is 21.8. The van der Waals surface area contributed by atoms with Crippen molar-refractivity contribution in [2.24, 2.45) is 0 Å². The van der Waals surface area contributed by atoms with E-state index in [2.05, 4.69) is 10.3 Å². The van der Waals surface area contributed by atoms with Gasteiger partial charge in [0.2, 0.25) is 0 Å². The number of methoxy groups -OCH3 is 1. The van der Waals surface area contributed by atoms with Crippen LogP contribution >= 0.6 is 0 Å². The number of aryl methyl sites for hydroxylation is 2. The average Bonchev–Trinajstić information content (AvgIpc) is 3.20. The number of carbonyl (C=O) groups is 2. The monoisotopic (exact) mass is 493 g/mol. The maximum Gasteiger partial charge on any atom is 0.359 e. The SMILES string of the molecule is CC.COCC(C)(C)OC(=O)c1c(NC(=O)C2CCc3ccccc3O2)nc(C)n1-c1ccccc1. The van der Waals surface area contributed by atoms with Gasteiger partial charge in [-0.2, -0.15) is 0 Å². The van der Waals surface area contributed by atoms with Gasteiger partial charge in [0.25, 0.3) is 5.91 Å². The molecular weight excluding hydrogens is 458 g/mol. The van der Waals surface area contributed by atoms with Crippen molar-refractivity contribution in [1.29, 1.82) is 0 Å². The number of amides is 1. The minimum atomic E-state index is -0.872. The Hall–Kier alpha value is -3.65. The van der Waals surface area contributed by atoms with Crippen LogP contribution in [0.4, 0.5) is 5.82 Å². The number of ether oxygens (including phenoxy) is 3. The minimum absolute atomic E-state index is 0.132. The fourth-order valence-electron chi connectivity index (χ4n) is 4.08. The lowest BCUT2D eigenvalue weighted by atomic mass is 10.0. The van der Waals surface area contributed by atoms with Crippen molar-refractivity contribution in [3.63, 3.8) is 0 Å². The molecule has 36 heavy (non-hydrogen) atoms. The Morgan fingerprint density at radius 3 is 2.47 bits per heavy atom. The zero-order valence-electron chi connectivity index (χ0n) is 21.8. The highest BCUT2D eigenvalue weighted by Gasteiger charge is 2.33. The van der Waals surface area contributed by atoms with E-state index in [1.165, 1.54) is 0 Å². The van der Waals surface area contributed by atoms with Gasteiger partial charge in [0, 0.05) is 12.8 Å². The van der Waals surface area contributed by atoms with Gasteiger partial charge in [-0.1, -0.05) is 50.2 Å². The van der Waals surface area contributed by atoms with Crippen LogP contribution in [0.25, 0.3) is 5.69 Å². The molecule has 2 heterocycles. The molecule has 0 aliphatic carbocycles. The van der Waals surface area contributed by atoms with E-state index in [-0.39, 0.29) is 24.0 Å². The maximum absolute atomic E-state index is 13.4. The predicted molar refractivity (Wildman–Crippen MR) is 139 cm³/mol. The molecule has 0 spiro atoms. The van der Waals surface area contributed by atoms with Gasteiger partial charge >= 0.3 is 5.97 Å². The number of hydrogen-bond acceptors (Lipinski definition) is 6. The Morgan fingerprint density at radius 1 is 1.11 bits per heavy atom. The van der Waals surface area contributed by atoms with Crippen LogP contribution in [0.1, 0.15) is 56.0 Å². The smallest absolute Gasteiger partial charge is 0.359 e. The highest BCUT2D eigenvalue weighted by atomic mass is 16.6. The summed E-state index contributed by atoms with van der Waals surface area (Å²) in [7, 11) is 1.54. The fourth-order valence-corrected chi connectivity index (χ4v) is 4.08. The van der Waals surface area contributed by atoms with Crippen molar-refractivity contribution in [2.45, 2.75) is 59.2 Å². The van der Waals surface area contributed by atoms with Gasteiger partial charge in [0.1, 0.15) is 17.2 Å². The zero-order chi connectivity index (χ0) is 26.3. The summed E-state index contributed by atoms with van der Waals surface area (Å²) < 4.78 is 18.5. The molecule has 8 nitrogen and oxygen atoms in total. The molecular formula is C28H35N3O5. The van der Waals surface area contributed by atoms with Crippen LogP contribution in [-0.4, -0.2) is 46.8 Å². The third kappa shape index (κ3) is 6.12. The summed E-state index contributed by atoms with van der Waals surface area (Å²) in [6, 6.07) is 17.0. The van der Waals surface area contributed by atoms with Crippen LogP contribution in [0.2, 0.25) is 0 Å². The van der Waals surface area contributed by atoms with Gasteiger partial charge < -0.3 is 19.5 Å². The van der Waals surface area contributed by atoms with Gasteiger partial charge in [-0.25, -0.2) is 9.78 Å². The minimum Gasteiger partial charge on any atom is -0.480 e. The summed E-state index contributed by atoms with van der Waals surface area (Å²) in [6.45, 7) is 9.51. The highest BCUT2D eigenvalue weighted by molar-refractivity contribution is 6.01. The van der Waals surface area contributed by atoms with Crippen molar-refractivity contribution in [3.05, 3.63) is 71.7 Å². The van der Waals surface area contributed by atoms with E-state index in [4.69, 9.17) is 14.2 Å². The van der Waals surface area contributed by atoms with Crippen molar-refractivity contribution in [3.8, 4) is 11.4 Å². The Bertz CT molecular complexity index is 1190. The van der Waals surface area contributed by atoms with E-state index < -0.39 is 17.7 Å². The number of hydrogen-bond donors (Lipinski definition) is 1. The number of nitrogens with zero attached hydrogens (tertiary/aromatic N) is 2. The Kier molecular flexibility index (Phi) is 8.88. The number of nitrogens with one attached hydrogen (secondary N) is 1. The lowest BCUT2D eigenvalue weighted by Gasteiger charge is -2.26. The summed E-state index contributed by atoms with van der Waals surface area (Å²) in [5.74, 6) is 0.384. The normalized spacial score (nSPS) is 14.6. The van der Waals surface area contributed by atoms with Gasteiger partial charge in [0.05, 0.1) is 6.61 Å². The topological polar surface area (TPSA) is 91.7 Å². The molecule has 3 aromatic rings. The molecule has 0 bridgehead atoms. The third-order valence-corrected chi connectivity index (χ3v) is 5.57. The number of rotatable bonds is 7. The second-order valence-corrected chi connectivity index (χ2v) is 8.85. The summed E-state index contributed by atoms with van der Waals surface area (Å²) >= 11 is 0. The third-order valence-electron chi connectivity index (χ3n) is 5.57. The number of imidazole rings is 1. The van der Waals surface area contributed by atoms with E-state index in [1.54, 1.807) is 32.4 Å². The van der Waals surface area contributed by atoms with Crippen LogP contribution in [0.5, 0.6) is 5.75 Å². The van der Waals surface area contributed by atoms with Gasteiger partial charge in [0.15, 0.2) is 17.6 Å². The standard InChI is InChI=1S/C26H29N3O5.C2H6/c1-17-27-23(28-24(30)21-15-14-18-10-8-9-13-20(18)33-21)22(25(31)34-26(2,3)16-32-4)29(17)19-11-6-5-7-12-19;1-2/h5-13,21H,14-16H2,1-4H3,(H,28,30);1-2H3. The molecule has 4 rings (SSSR count). The number of aromatic nitrogens is 2. The highest BCUT2D eigenvalue weighted by Crippen LogP contribution is 2.29. The number of fused-ring (bicyclic) bond motifs is 1. The van der Waals surface area contributed by atoms with Crippen LogP contribution in [-0.2, 0) is 20.7 Å². The predicted octanol–water partition coefficient (Wildman–Crippen LogP) is 5.12. The van der Waals surface area contributed by atoms with Gasteiger partial charge in [-0.3, -0.25) is 9.36 Å². The lowest BCUT2D eigenvalue weighted by Crippen LogP contribution is -2.37. The quantitative estimate of drug-likeness (QED) is 0.459. The molecule has 2 aromatic carbocycles. The number of esters is 1. The van der Waals surface area contributed by atoms with Gasteiger partial charge in [-0.15, -0.1) is 0 Å². The number of benzene rings is 2. The Labute approximate surface area is 212 Å².